The summed E-state index contributed by atoms with van der Waals surface area (Å²) in [5.74, 6) is 0. The van der Waals surface area contributed by atoms with Crippen LogP contribution in [0.1, 0.15) is 5.56 Å². The zero-order chi connectivity index (χ0) is 12.7. The first kappa shape index (κ1) is 11.7. The van der Waals surface area contributed by atoms with Gasteiger partial charge in [-0.3, -0.25) is 0 Å². The van der Waals surface area contributed by atoms with Crippen molar-refractivity contribution in [2.45, 2.75) is 6.92 Å². The smallest absolute Gasteiger partial charge is 0.124 e. The maximum atomic E-state index is 5.70. The second-order valence-corrected chi connectivity index (χ2v) is 6.12. The van der Waals surface area contributed by atoms with E-state index >= 15 is 0 Å². The fourth-order valence-electron chi connectivity index (χ4n) is 1.87. The number of rotatable bonds is 1. The summed E-state index contributed by atoms with van der Waals surface area (Å²) in [5.41, 5.74) is 9.84. The highest BCUT2D eigenvalue weighted by Crippen LogP contribution is 2.34. The first-order valence-corrected chi connectivity index (χ1v) is 7.17. The third kappa shape index (κ3) is 2.02. The minimum Gasteiger partial charge on any atom is -0.399 e. The van der Waals surface area contributed by atoms with Crippen LogP contribution in [0.25, 0.3) is 20.8 Å². The molecule has 90 valence electrons. The van der Waals surface area contributed by atoms with Crippen LogP contribution in [0.4, 0.5) is 5.69 Å². The summed E-state index contributed by atoms with van der Waals surface area (Å²) in [6.07, 6.45) is 0. The van der Waals surface area contributed by atoms with E-state index in [4.69, 9.17) is 5.73 Å². The molecular weight excluding hydrogens is 308 g/mol. The molecule has 0 aliphatic carbocycles. The van der Waals surface area contributed by atoms with Crippen molar-refractivity contribution in [3.63, 3.8) is 0 Å². The Balaban J connectivity index is 2.19. The highest BCUT2D eigenvalue weighted by molar-refractivity contribution is 9.10. The van der Waals surface area contributed by atoms with Gasteiger partial charge in [-0.05, 0) is 64.8 Å². The number of fused-ring (bicyclic) bond motifs is 1. The van der Waals surface area contributed by atoms with E-state index in [1.807, 2.05) is 24.3 Å². The molecule has 1 heterocycles. The molecule has 3 aromatic rings. The lowest BCUT2D eigenvalue weighted by Crippen LogP contribution is -1.83. The van der Waals surface area contributed by atoms with E-state index in [-0.39, 0.29) is 0 Å². The molecule has 4 heteroatoms. The molecule has 0 amide bonds. The minimum atomic E-state index is 0.775. The lowest BCUT2D eigenvalue weighted by atomic mass is 10.2. The molecule has 0 fully saturated rings. The summed E-state index contributed by atoms with van der Waals surface area (Å²) >= 11 is 5.27. The second kappa shape index (κ2) is 4.37. The van der Waals surface area contributed by atoms with Gasteiger partial charge in [0.05, 0.1) is 10.2 Å². The number of hydrogen-bond acceptors (Lipinski definition) is 3. The van der Waals surface area contributed by atoms with E-state index in [1.165, 1.54) is 10.3 Å². The highest BCUT2D eigenvalue weighted by atomic mass is 79.9. The first-order valence-electron chi connectivity index (χ1n) is 5.56. The molecule has 18 heavy (non-hydrogen) atoms. The quantitative estimate of drug-likeness (QED) is 0.665. The van der Waals surface area contributed by atoms with E-state index in [0.29, 0.717) is 0 Å². The zero-order valence-electron chi connectivity index (χ0n) is 9.77. The molecular formula is C14H11BrN2S. The van der Waals surface area contributed by atoms with E-state index in [1.54, 1.807) is 11.3 Å². The largest absolute Gasteiger partial charge is 0.399 e. The minimum absolute atomic E-state index is 0.775. The summed E-state index contributed by atoms with van der Waals surface area (Å²) in [7, 11) is 0. The van der Waals surface area contributed by atoms with Gasteiger partial charge in [0.25, 0.3) is 0 Å². The average Bonchev–Trinajstić information content (AvgIpc) is 2.74. The predicted octanol–water partition coefficient (Wildman–Crippen LogP) is 4.62. The van der Waals surface area contributed by atoms with E-state index in [9.17, 15) is 0 Å². The number of aromatic nitrogens is 1. The standard InChI is InChI=1S/C14H11BrN2S/c1-8-6-11(15)13-12(7-8)18-14(17-13)9-2-4-10(16)5-3-9/h2-7H,16H2,1H3. The van der Waals surface area contributed by atoms with Gasteiger partial charge >= 0.3 is 0 Å². The summed E-state index contributed by atoms with van der Waals surface area (Å²) in [4.78, 5) is 4.68. The number of nitrogens with two attached hydrogens (primary N) is 1. The van der Waals surface area contributed by atoms with Crippen molar-refractivity contribution in [1.82, 2.24) is 4.98 Å². The van der Waals surface area contributed by atoms with E-state index in [0.717, 1.165) is 26.2 Å². The lowest BCUT2D eigenvalue weighted by Gasteiger charge is -1.96. The van der Waals surface area contributed by atoms with Crippen LogP contribution in [0, 0.1) is 6.92 Å². The van der Waals surface area contributed by atoms with Crippen LogP contribution in [-0.4, -0.2) is 4.98 Å². The predicted molar refractivity (Wildman–Crippen MR) is 81.9 cm³/mol. The number of aryl methyl sites for hydroxylation is 1. The summed E-state index contributed by atoms with van der Waals surface area (Å²) < 4.78 is 2.25. The Kier molecular flexibility index (Phi) is 2.84. The van der Waals surface area contributed by atoms with Crippen molar-refractivity contribution in [2.75, 3.05) is 5.73 Å². The molecule has 0 radical (unpaired) electrons. The third-order valence-electron chi connectivity index (χ3n) is 2.75. The Morgan fingerprint density at radius 2 is 1.89 bits per heavy atom. The Bertz CT molecular complexity index is 716. The second-order valence-electron chi connectivity index (χ2n) is 4.23. The van der Waals surface area contributed by atoms with Gasteiger partial charge < -0.3 is 5.73 Å². The van der Waals surface area contributed by atoms with Crippen LogP contribution in [0.5, 0.6) is 0 Å². The molecule has 0 spiro atoms. The van der Waals surface area contributed by atoms with Crippen molar-refractivity contribution >= 4 is 43.2 Å². The van der Waals surface area contributed by atoms with Gasteiger partial charge in [-0.25, -0.2) is 4.98 Å². The molecule has 0 saturated heterocycles. The Hall–Kier alpha value is -1.39. The van der Waals surface area contributed by atoms with Gasteiger partial charge in [-0.1, -0.05) is 0 Å². The highest BCUT2D eigenvalue weighted by Gasteiger charge is 2.09. The number of halogens is 1. The number of hydrogen-bond donors (Lipinski definition) is 1. The van der Waals surface area contributed by atoms with Crippen molar-refractivity contribution < 1.29 is 0 Å². The lowest BCUT2D eigenvalue weighted by molar-refractivity contribution is 1.43. The zero-order valence-corrected chi connectivity index (χ0v) is 12.2. The molecule has 0 aliphatic rings. The fraction of sp³-hybridized carbons (Fsp3) is 0.0714. The van der Waals surface area contributed by atoms with Gasteiger partial charge in [0.15, 0.2) is 0 Å². The monoisotopic (exact) mass is 318 g/mol. The molecule has 0 unspecified atom stereocenters. The van der Waals surface area contributed by atoms with Gasteiger partial charge in [0.2, 0.25) is 0 Å². The topological polar surface area (TPSA) is 38.9 Å². The SMILES string of the molecule is Cc1cc(Br)c2nc(-c3ccc(N)cc3)sc2c1. The molecule has 2 N–H and O–H groups in total. The van der Waals surface area contributed by atoms with Crippen LogP contribution in [0.3, 0.4) is 0 Å². The summed E-state index contributed by atoms with van der Waals surface area (Å²) in [6.45, 7) is 2.09. The maximum absolute atomic E-state index is 5.70. The third-order valence-corrected chi connectivity index (χ3v) is 4.41. The van der Waals surface area contributed by atoms with Gasteiger partial charge in [0, 0.05) is 15.7 Å². The molecule has 0 bridgehead atoms. The Morgan fingerprint density at radius 1 is 1.17 bits per heavy atom. The van der Waals surface area contributed by atoms with Gasteiger partial charge in [0.1, 0.15) is 5.01 Å². The van der Waals surface area contributed by atoms with Crippen molar-refractivity contribution in [2.24, 2.45) is 0 Å². The Labute approximate surface area is 118 Å². The number of thiazole rings is 1. The molecule has 0 saturated carbocycles. The van der Waals surface area contributed by atoms with E-state index < -0.39 is 0 Å². The molecule has 0 aliphatic heterocycles. The number of benzene rings is 2. The van der Waals surface area contributed by atoms with Crippen LogP contribution < -0.4 is 5.73 Å². The molecule has 2 nitrogen and oxygen atoms in total. The Morgan fingerprint density at radius 3 is 2.61 bits per heavy atom. The average molecular weight is 319 g/mol. The molecule has 0 atom stereocenters. The molecule has 2 aromatic carbocycles. The normalized spacial score (nSPS) is 11.0. The maximum Gasteiger partial charge on any atom is 0.124 e. The van der Waals surface area contributed by atoms with Crippen LogP contribution >= 0.6 is 27.3 Å². The fourth-order valence-corrected chi connectivity index (χ4v) is 3.76. The van der Waals surface area contributed by atoms with Crippen molar-refractivity contribution in [3.05, 3.63) is 46.4 Å². The van der Waals surface area contributed by atoms with Gasteiger partial charge in [-0.15, -0.1) is 11.3 Å². The summed E-state index contributed by atoms with van der Waals surface area (Å²) in [6, 6.07) is 12.1. The molecule has 3 rings (SSSR count). The van der Waals surface area contributed by atoms with Crippen molar-refractivity contribution in [3.8, 4) is 10.6 Å². The summed E-state index contributed by atoms with van der Waals surface area (Å²) in [5, 5.41) is 1.02. The number of anilines is 1. The number of nitrogen functional groups attached to an aromatic ring is 1. The van der Waals surface area contributed by atoms with Crippen LogP contribution in [0.15, 0.2) is 40.9 Å². The number of nitrogens with zero attached hydrogens (tertiary/aromatic N) is 1. The first-order chi connectivity index (χ1) is 8.63. The van der Waals surface area contributed by atoms with Crippen molar-refractivity contribution in [1.29, 1.82) is 0 Å². The molecule has 1 aromatic heterocycles. The van der Waals surface area contributed by atoms with Crippen LogP contribution in [-0.2, 0) is 0 Å². The van der Waals surface area contributed by atoms with Crippen LogP contribution in [0.2, 0.25) is 0 Å². The van der Waals surface area contributed by atoms with E-state index in [2.05, 4.69) is 40.0 Å². The van der Waals surface area contributed by atoms with Gasteiger partial charge in [-0.2, -0.15) is 0 Å².